The van der Waals surface area contributed by atoms with Crippen molar-refractivity contribution in [2.24, 2.45) is 0 Å². The first kappa shape index (κ1) is 17.0. The molecule has 3 aromatic rings. The average molecular weight is 362 g/mol. The third-order valence-electron chi connectivity index (χ3n) is 3.48. The molecule has 1 aromatic carbocycles. The van der Waals surface area contributed by atoms with E-state index in [9.17, 15) is 9.18 Å². The number of carbonyl (C=O) groups is 1. The third kappa shape index (κ3) is 3.50. The van der Waals surface area contributed by atoms with Crippen molar-refractivity contribution in [1.29, 1.82) is 0 Å². The maximum absolute atomic E-state index is 13.0. The Balaban J connectivity index is 1.74. The molecule has 130 valence electrons. The maximum atomic E-state index is 13.0. The highest BCUT2D eigenvalue weighted by molar-refractivity contribution is 7.98. The Bertz CT molecular complexity index is 905. The number of nitrogen functional groups attached to an aromatic ring is 1. The molecule has 0 radical (unpaired) electrons. The molecule has 0 aliphatic rings. The van der Waals surface area contributed by atoms with Crippen LogP contribution in [0.2, 0.25) is 0 Å². The van der Waals surface area contributed by atoms with Crippen LogP contribution < -0.4 is 5.84 Å². The zero-order valence-corrected chi connectivity index (χ0v) is 14.3. The number of nitrogens with two attached hydrogens (primary N) is 1. The Labute approximate surface area is 147 Å². The number of ether oxygens (including phenoxy) is 1. The van der Waals surface area contributed by atoms with Crippen molar-refractivity contribution in [2.75, 3.05) is 13.0 Å². The van der Waals surface area contributed by atoms with Crippen molar-refractivity contribution in [3.05, 3.63) is 53.2 Å². The first-order valence-corrected chi connectivity index (χ1v) is 8.25. The van der Waals surface area contributed by atoms with Gasteiger partial charge in [0.1, 0.15) is 22.9 Å². The lowest BCUT2D eigenvalue weighted by Crippen LogP contribution is -2.11. The molecule has 0 saturated carbocycles. The van der Waals surface area contributed by atoms with Crippen LogP contribution in [0.1, 0.15) is 21.9 Å². The maximum Gasteiger partial charge on any atom is 0.341 e. The second-order valence-corrected chi connectivity index (χ2v) is 6.09. The normalized spacial score (nSPS) is 10.8. The lowest BCUT2D eigenvalue weighted by molar-refractivity contribution is 0.0599. The lowest BCUT2D eigenvalue weighted by Gasteiger charge is -2.03. The number of benzene rings is 1. The Morgan fingerprint density at radius 2 is 2.08 bits per heavy atom. The van der Waals surface area contributed by atoms with Crippen molar-refractivity contribution in [3.8, 4) is 11.4 Å². The molecule has 0 unspecified atom stereocenters. The molecule has 3 rings (SSSR count). The number of thioether (sulfide) groups is 1. The van der Waals surface area contributed by atoms with Crippen LogP contribution in [0.3, 0.4) is 0 Å². The Hall–Kier alpha value is -2.81. The van der Waals surface area contributed by atoms with Gasteiger partial charge in [-0.25, -0.2) is 13.9 Å². The predicted octanol–water partition coefficient (Wildman–Crippen LogP) is 2.78. The van der Waals surface area contributed by atoms with Crippen molar-refractivity contribution >= 4 is 17.7 Å². The summed E-state index contributed by atoms with van der Waals surface area (Å²) in [5.41, 5.74) is 1.05. The standard InChI is InChI=1S/C16H15FN4O3S/c1-9-13(15(22)23-2)7-12(24-9)8-25-16-20-19-14(21(16)18)10-3-5-11(17)6-4-10/h3-7H,8,18H2,1-2H3. The van der Waals surface area contributed by atoms with Gasteiger partial charge in [0.2, 0.25) is 5.16 Å². The van der Waals surface area contributed by atoms with Crippen LogP contribution in [0.4, 0.5) is 4.39 Å². The van der Waals surface area contributed by atoms with Crippen molar-refractivity contribution in [3.63, 3.8) is 0 Å². The van der Waals surface area contributed by atoms with Crippen LogP contribution in [0.25, 0.3) is 11.4 Å². The van der Waals surface area contributed by atoms with Crippen LogP contribution in [-0.2, 0) is 10.5 Å². The molecule has 7 nitrogen and oxygen atoms in total. The van der Waals surface area contributed by atoms with Gasteiger partial charge in [-0.2, -0.15) is 0 Å². The molecule has 0 amide bonds. The van der Waals surface area contributed by atoms with E-state index in [4.69, 9.17) is 15.0 Å². The fourth-order valence-corrected chi connectivity index (χ4v) is 2.97. The van der Waals surface area contributed by atoms with Gasteiger partial charge in [0.05, 0.1) is 12.9 Å². The van der Waals surface area contributed by atoms with Crippen LogP contribution >= 0.6 is 11.8 Å². The molecule has 0 atom stereocenters. The minimum Gasteiger partial charge on any atom is -0.465 e. The van der Waals surface area contributed by atoms with E-state index in [1.165, 1.54) is 35.7 Å². The SMILES string of the molecule is COC(=O)c1cc(CSc2nnc(-c3ccc(F)cc3)n2N)oc1C. The summed E-state index contributed by atoms with van der Waals surface area (Å²) in [4.78, 5) is 11.6. The minimum absolute atomic E-state index is 0.337. The van der Waals surface area contributed by atoms with Crippen LogP contribution in [0, 0.1) is 12.7 Å². The molecule has 2 heterocycles. The summed E-state index contributed by atoms with van der Waals surface area (Å²) >= 11 is 1.30. The number of nitrogens with zero attached hydrogens (tertiary/aromatic N) is 3. The van der Waals surface area contributed by atoms with Crippen LogP contribution in [-0.4, -0.2) is 28.0 Å². The summed E-state index contributed by atoms with van der Waals surface area (Å²) in [5.74, 6) is 7.15. The zero-order chi connectivity index (χ0) is 18.0. The first-order chi connectivity index (χ1) is 12.0. The van der Waals surface area contributed by atoms with E-state index in [1.807, 2.05) is 0 Å². The van der Waals surface area contributed by atoms with Crippen molar-refractivity contribution in [1.82, 2.24) is 14.9 Å². The molecule has 0 spiro atoms. The topological polar surface area (TPSA) is 96.2 Å². The van der Waals surface area contributed by atoms with E-state index in [0.717, 1.165) is 0 Å². The third-order valence-corrected chi connectivity index (χ3v) is 4.45. The summed E-state index contributed by atoms with van der Waals surface area (Å²) in [6.45, 7) is 1.69. The summed E-state index contributed by atoms with van der Waals surface area (Å²) in [6.07, 6.45) is 0. The highest BCUT2D eigenvalue weighted by Gasteiger charge is 2.17. The molecule has 2 aromatic heterocycles. The van der Waals surface area contributed by atoms with E-state index in [-0.39, 0.29) is 5.82 Å². The van der Waals surface area contributed by atoms with Crippen molar-refractivity contribution < 1.29 is 18.3 Å². The molecular weight excluding hydrogens is 347 g/mol. The highest BCUT2D eigenvalue weighted by atomic mass is 32.2. The lowest BCUT2D eigenvalue weighted by atomic mass is 10.2. The summed E-state index contributed by atoms with van der Waals surface area (Å²) in [6, 6.07) is 7.45. The van der Waals surface area contributed by atoms with Crippen molar-refractivity contribution in [2.45, 2.75) is 17.8 Å². The van der Waals surface area contributed by atoms with Gasteiger partial charge in [0.25, 0.3) is 0 Å². The summed E-state index contributed by atoms with van der Waals surface area (Å²) in [5, 5.41) is 8.53. The number of rotatable bonds is 5. The minimum atomic E-state index is -0.446. The van der Waals surface area contributed by atoms with E-state index < -0.39 is 5.97 Å². The number of methoxy groups -OCH3 is 1. The molecule has 0 aliphatic carbocycles. The number of carbonyl (C=O) groups excluding carboxylic acids is 1. The highest BCUT2D eigenvalue weighted by Crippen LogP contribution is 2.26. The van der Waals surface area contributed by atoms with Gasteiger partial charge < -0.3 is 15.0 Å². The van der Waals surface area contributed by atoms with Gasteiger partial charge >= 0.3 is 5.97 Å². The van der Waals surface area contributed by atoms with Gasteiger partial charge in [-0.3, -0.25) is 0 Å². The number of furan rings is 1. The second-order valence-electron chi connectivity index (χ2n) is 5.15. The smallest absolute Gasteiger partial charge is 0.341 e. The zero-order valence-electron chi connectivity index (χ0n) is 13.5. The molecule has 0 fully saturated rings. The molecular formula is C16H15FN4O3S. The number of aryl methyl sites for hydroxylation is 1. The van der Waals surface area contributed by atoms with Crippen LogP contribution in [0.5, 0.6) is 0 Å². The number of hydrogen-bond acceptors (Lipinski definition) is 7. The Morgan fingerprint density at radius 1 is 1.36 bits per heavy atom. The predicted molar refractivity (Wildman–Crippen MR) is 89.9 cm³/mol. The molecule has 25 heavy (non-hydrogen) atoms. The largest absolute Gasteiger partial charge is 0.465 e. The molecule has 9 heteroatoms. The fourth-order valence-electron chi connectivity index (χ4n) is 2.23. The number of halogens is 1. The monoisotopic (exact) mass is 362 g/mol. The number of hydrogen-bond donors (Lipinski definition) is 1. The van der Waals surface area contributed by atoms with Crippen LogP contribution in [0.15, 0.2) is 39.9 Å². The Kier molecular flexibility index (Phi) is 4.75. The summed E-state index contributed by atoms with van der Waals surface area (Å²) in [7, 11) is 1.32. The molecule has 0 aliphatic heterocycles. The van der Waals surface area contributed by atoms with Gasteiger partial charge in [-0.05, 0) is 37.3 Å². The average Bonchev–Trinajstić information content (AvgIpc) is 3.16. The summed E-state index contributed by atoms with van der Waals surface area (Å²) < 4.78 is 24.6. The van der Waals surface area contributed by atoms with E-state index >= 15 is 0 Å². The fraction of sp³-hybridized carbons (Fsp3) is 0.188. The van der Waals surface area contributed by atoms with Gasteiger partial charge in [-0.1, -0.05) is 11.8 Å². The van der Waals surface area contributed by atoms with E-state index in [0.29, 0.717) is 39.4 Å². The quantitative estimate of drug-likeness (QED) is 0.423. The molecule has 2 N–H and O–H groups in total. The first-order valence-electron chi connectivity index (χ1n) is 7.26. The number of aromatic nitrogens is 3. The van der Waals surface area contributed by atoms with Gasteiger partial charge in [0, 0.05) is 5.56 Å². The second kappa shape index (κ2) is 6.98. The van der Waals surface area contributed by atoms with E-state index in [1.54, 1.807) is 25.1 Å². The van der Waals surface area contributed by atoms with Gasteiger partial charge in [0.15, 0.2) is 5.82 Å². The number of esters is 1. The molecule has 0 bridgehead atoms. The Morgan fingerprint density at radius 3 is 2.76 bits per heavy atom. The van der Waals surface area contributed by atoms with Gasteiger partial charge in [-0.15, -0.1) is 10.2 Å². The molecule has 0 saturated heterocycles. The van der Waals surface area contributed by atoms with E-state index in [2.05, 4.69) is 10.2 Å².